The first kappa shape index (κ1) is 15.9. The first-order chi connectivity index (χ1) is 9.79. The van der Waals surface area contributed by atoms with Crippen LogP contribution in [-0.4, -0.2) is 63.5 Å². The summed E-state index contributed by atoms with van der Waals surface area (Å²) in [4.78, 5) is 16.3. The molecule has 0 aliphatic carbocycles. The van der Waals surface area contributed by atoms with E-state index >= 15 is 0 Å². The number of para-hydroxylation sites is 1. The third-order valence-electron chi connectivity index (χ3n) is 3.65. The lowest BCUT2D eigenvalue weighted by Crippen LogP contribution is -2.42. The number of rotatable bonds is 3. The fraction of sp³-hybridized carbons (Fsp3) is 0.500. The average Bonchev–Trinajstić information content (AvgIpc) is 2.55. The van der Waals surface area contributed by atoms with E-state index in [1.165, 1.54) is 7.05 Å². The molecule has 0 atom stereocenters. The van der Waals surface area contributed by atoms with Gasteiger partial charge in [-0.25, -0.2) is 8.42 Å². The minimum atomic E-state index is -3.36. The number of carbonyl (C=O) groups is 1. The van der Waals surface area contributed by atoms with Crippen molar-refractivity contribution in [2.45, 2.75) is 6.54 Å². The third kappa shape index (κ3) is 3.81. The maximum absolute atomic E-state index is 12.5. The SMILES string of the molecule is CN1CCN(C(=O)CN(C)S(C)(=O)=O)c2ccccc2C1. The molecule has 1 heterocycles. The van der Waals surface area contributed by atoms with Gasteiger partial charge in [-0.05, 0) is 18.7 Å². The van der Waals surface area contributed by atoms with Gasteiger partial charge in [0, 0.05) is 32.4 Å². The summed E-state index contributed by atoms with van der Waals surface area (Å²) in [5.41, 5.74) is 1.95. The summed E-state index contributed by atoms with van der Waals surface area (Å²) in [7, 11) is 0.0687. The van der Waals surface area contributed by atoms with Crippen LogP contribution in [0.15, 0.2) is 24.3 Å². The molecule has 1 aliphatic heterocycles. The summed E-state index contributed by atoms with van der Waals surface area (Å²) in [5, 5.41) is 0. The number of carbonyl (C=O) groups excluding carboxylic acids is 1. The van der Waals surface area contributed by atoms with Crippen molar-refractivity contribution in [1.29, 1.82) is 0 Å². The van der Waals surface area contributed by atoms with Crippen LogP contribution in [0.5, 0.6) is 0 Å². The van der Waals surface area contributed by atoms with E-state index in [0.717, 1.165) is 34.9 Å². The van der Waals surface area contributed by atoms with Crippen molar-refractivity contribution in [2.24, 2.45) is 0 Å². The van der Waals surface area contributed by atoms with Crippen molar-refractivity contribution in [3.63, 3.8) is 0 Å². The number of likely N-dealkylation sites (N-methyl/N-ethyl adjacent to an activating group) is 2. The lowest BCUT2D eigenvalue weighted by molar-refractivity contribution is -0.118. The number of hydrogen-bond donors (Lipinski definition) is 0. The molecule has 6 nitrogen and oxygen atoms in total. The molecule has 1 aliphatic rings. The fourth-order valence-corrected chi connectivity index (χ4v) is 2.67. The highest BCUT2D eigenvalue weighted by molar-refractivity contribution is 7.88. The minimum absolute atomic E-state index is 0.142. The number of benzene rings is 1. The van der Waals surface area contributed by atoms with E-state index < -0.39 is 10.0 Å². The van der Waals surface area contributed by atoms with Crippen LogP contribution >= 0.6 is 0 Å². The lowest BCUT2D eigenvalue weighted by atomic mass is 10.1. The number of amides is 1. The molecule has 0 N–H and O–H groups in total. The number of nitrogens with zero attached hydrogens (tertiary/aromatic N) is 3. The molecule has 2 rings (SSSR count). The summed E-state index contributed by atoms with van der Waals surface area (Å²) in [6, 6.07) is 7.75. The Bertz CT molecular complexity index is 630. The zero-order valence-electron chi connectivity index (χ0n) is 12.6. The number of anilines is 1. The largest absolute Gasteiger partial charge is 0.310 e. The predicted octanol–water partition coefficient (Wildman–Crippen LogP) is 0.356. The van der Waals surface area contributed by atoms with Gasteiger partial charge in [0.25, 0.3) is 0 Å². The van der Waals surface area contributed by atoms with Gasteiger partial charge in [0.05, 0.1) is 12.8 Å². The van der Waals surface area contributed by atoms with Gasteiger partial charge >= 0.3 is 0 Å². The van der Waals surface area contributed by atoms with Gasteiger partial charge in [-0.1, -0.05) is 18.2 Å². The smallest absolute Gasteiger partial charge is 0.242 e. The Morgan fingerprint density at radius 3 is 2.62 bits per heavy atom. The average molecular weight is 311 g/mol. The van der Waals surface area contributed by atoms with Crippen LogP contribution in [0, 0.1) is 0 Å². The first-order valence-electron chi connectivity index (χ1n) is 6.77. The Morgan fingerprint density at radius 2 is 1.95 bits per heavy atom. The molecule has 0 saturated carbocycles. The molecule has 0 radical (unpaired) electrons. The Hall–Kier alpha value is -1.44. The van der Waals surface area contributed by atoms with E-state index in [4.69, 9.17) is 0 Å². The van der Waals surface area contributed by atoms with Gasteiger partial charge in [-0.2, -0.15) is 4.31 Å². The highest BCUT2D eigenvalue weighted by Gasteiger charge is 2.25. The molecule has 1 aromatic rings. The van der Waals surface area contributed by atoms with E-state index in [2.05, 4.69) is 4.90 Å². The molecule has 0 aromatic heterocycles. The van der Waals surface area contributed by atoms with Crippen LogP contribution in [0.4, 0.5) is 5.69 Å². The molecule has 0 saturated heterocycles. The van der Waals surface area contributed by atoms with Crippen molar-refractivity contribution in [3.05, 3.63) is 29.8 Å². The monoisotopic (exact) mass is 311 g/mol. The van der Waals surface area contributed by atoms with E-state index in [-0.39, 0.29) is 12.5 Å². The molecule has 116 valence electrons. The molecule has 0 unspecified atom stereocenters. The zero-order valence-corrected chi connectivity index (χ0v) is 13.4. The molecular weight excluding hydrogens is 290 g/mol. The maximum atomic E-state index is 12.5. The lowest BCUT2D eigenvalue weighted by Gasteiger charge is -2.24. The zero-order chi connectivity index (χ0) is 15.6. The van der Waals surface area contributed by atoms with Gasteiger partial charge in [-0.3, -0.25) is 4.79 Å². The van der Waals surface area contributed by atoms with Crippen LogP contribution in [0.25, 0.3) is 0 Å². The molecule has 7 heteroatoms. The van der Waals surface area contributed by atoms with Crippen LogP contribution in [0.2, 0.25) is 0 Å². The summed E-state index contributed by atoms with van der Waals surface area (Å²) < 4.78 is 24.0. The summed E-state index contributed by atoms with van der Waals surface area (Å²) >= 11 is 0. The minimum Gasteiger partial charge on any atom is -0.310 e. The van der Waals surface area contributed by atoms with Crippen molar-refractivity contribution >= 4 is 21.6 Å². The topological polar surface area (TPSA) is 60.9 Å². The number of sulfonamides is 1. The second kappa shape index (κ2) is 6.13. The Morgan fingerprint density at radius 1 is 1.29 bits per heavy atom. The number of hydrogen-bond acceptors (Lipinski definition) is 4. The summed E-state index contributed by atoms with van der Waals surface area (Å²) in [6.07, 6.45) is 1.10. The Kier molecular flexibility index (Phi) is 4.65. The molecule has 1 aromatic carbocycles. The Labute approximate surface area is 126 Å². The first-order valence-corrected chi connectivity index (χ1v) is 8.62. The van der Waals surface area contributed by atoms with Gasteiger partial charge in [0.15, 0.2) is 0 Å². The fourth-order valence-electron chi connectivity index (χ4n) is 2.32. The molecule has 0 bridgehead atoms. The maximum Gasteiger partial charge on any atom is 0.242 e. The van der Waals surface area contributed by atoms with Crippen molar-refractivity contribution in [1.82, 2.24) is 9.21 Å². The van der Waals surface area contributed by atoms with Crippen molar-refractivity contribution < 1.29 is 13.2 Å². The van der Waals surface area contributed by atoms with E-state index in [0.29, 0.717) is 6.54 Å². The van der Waals surface area contributed by atoms with E-state index in [9.17, 15) is 13.2 Å². The third-order valence-corrected chi connectivity index (χ3v) is 4.91. The van der Waals surface area contributed by atoms with Gasteiger partial charge in [0.2, 0.25) is 15.9 Å². The van der Waals surface area contributed by atoms with Crippen LogP contribution in [0.3, 0.4) is 0 Å². The molecule has 21 heavy (non-hydrogen) atoms. The standard InChI is InChI=1S/C14H21N3O3S/c1-15-8-9-17(13-7-5-4-6-12(13)10-15)14(18)11-16(2)21(3,19)20/h4-7H,8-11H2,1-3H3. The van der Waals surface area contributed by atoms with Gasteiger partial charge in [0.1, 0.15) is 0 Å². The predicted molar refractivity (Wildman–Crippen MR) is 82.6 cm³/mol. The van der Waals surface area contributed by atoms with Gasteiger partial charge in [-0.15, -0.1) is 0 Å². The van der Waals surface area contributed by atoms with Crippen molar-refractivity contribution in [2.75, 3.05) is 44.9 Å². The van der Waals surface area contributed by atoms with Gasteiger partial charge < -0.3 is 9.80 Å². The second-order valence-corrected chi connectivity index (χ2v) is 7.52. The quantitative estimate of drug-likeness (QED) is 0.808. The van der Waals surface area contributed by atoms with E-state index in [1.807, 2.05) is 31.3 Å². The number of fused-ring (bicyclic) bond motifs is 1. The normalized spacial score (nSPS) is 16.7. The summed E-state index contributed by atoms with van der Waals surface area (Å²) in [6.45, 7) is 1.95. The molecular formula is C14H21N3O3S. The van der Waals surface area contributed by atoms with Crippen LogP contribution in [0.1, 0.15) is 5.56 Å². The second-order valence-electron chi connectivity index (χ2n) is 5.43. The molecule has 1 amide bonds. The summed E-state index contributed by atoms with van der Waals surface area (Å²) in [5.74, 6) is -0.203. The van der Waals surface area contributed by atoms with Crippen molar-refractivity contribution in [3.8, 4) is 0 Å². The Balaban J connectivity index is 2.25. The highest BCUT2D eigenvalue weighted by atomic mass is 32.2. The molecule has 0 spiro atoms. The van der Waals surface area contributed by atoms with Crippen LogP contribution in [-0.2, 0) is 21.4 Å². The van der Waals surface area contributed by atoms with E-state index in [1.54, 1.807) is 4.90 Å². The van der Waals surface area contributed by atoms with Crippen LogP contribution < -0.4 is 4.90 Å². The highest BCUT2D eigenvalue weighted by Crippen LogP contribution is 2.24. The molecule has 0 fully saturated rings.